The Morgan fingerprint density at radius 2 is 2.05 bits per heavy atom. The molecule has 0 saturated carbocycles. The number of halogens is 1. The van der Waals surface area contributed by atoms with Crippen molar-refractivity contribution in [1.29, 1.82) is 0 Å². The Bertz CT molecular complexity index is 630. The lowest BCUT2D eigenvalue weighted by Gasteiger charge is -2.21. The molecule has 0 spiro atoms. The molecule has 116 valence electrons. The Kier molecular flexibility index (Phi) is 5.48. The first kappa shape index (κ1) is 16.5. The lowest BCUT2D eigenvalue weighted by atomic mass is 10.0. The molecule has 1 aromatic rings. The van der Waals surface area contributed by atoms with Crippen molar-refractivity contribution in [2.24, 2.45) is 5.92 Å². The van der Waals surface area contributed by atoms with Gasteiger partial charge < -0.3 is 0 Å². The molecule has 0 aromatic heterocycles. The summed E-state index contributed by atoms with van der Waals surface area (Å²) in [7, 11) is -3.75. The molecule has 0 atom stereocenters. The first-order valence-electron chi connectivity index (χ1n) is 6.41. The molecule has 9 heteroatoms. The highest BCUT2D eigenvalue weighted by Crippen LogP contribution is 2.27. The minimum absolute atomic E-state index is 0.0803. The van der Waals surface area contributed by atoms with E-state index in [-0.39, 0.29) is 9.92 Å². The smallest absolute Gasteiger partial charge is 0.258 e. The Morgan fingerprint density at radius 3 is 2.67 bits per heavy atom. The summed E-state index contributed by atoms with van der Waals surface area (Å²) in [6, 6.07) is 3.49. The number of nitro benzene ring substituents is 1. The zero-order chi connectivity index (χ0) is 15.5. The maximum absolute atomic E-state index is 12.2. The molecule has 1 fully saturated rings. The third-order valence-corrected chi connectivity index (χ3v) is 6.12. The van der Waals surface area contributed by atoms with Gasteiger partial charge in [0.25, 0.3) is 5.69 Å². The van der Waals surface area contributed by atoms with Crippen molar-refractivity contribution in [3.05, 3.63) is 33.3 Å². The molecule has 1 aliphatic rings. The van der Waals surface area contributed by atoms with E-state index in [1.807, 2.05) is 11.8 Å². The normalized spacial score (nSPS) is 16.8. The molecule has 0 bridgehead atoms. The van der Waals surface area contributed by atoms with Gasteiger partial charge in [0, 0.05) is 12.6 Å². The van der Waals surface area contributed by atoms with Crippen LogP contribution in [-0.2, 0) is 10.0 Å². The van der Waals surface area contributed by atoms with E-state index in [9.17, 15) is 18.5 Å². The number of benzene rings is 1. The number of hydrogen-bond donors (Lipinski definition) is 1. The number of nitrogens with one attached hydrogen (secondary N) is 1. The lowest BCUT2D eigenvalue weighted by molar-refractivity contribution is -0.384. The standard InChI is InChI=1S/C12H15ClN2O4S2/c13-11-2-1-10(7-12(11)15(16)17)21(18,19)14-8-9-3-5-20-6-4-9/h1-2,7,9,14H,3-6,8H2. The number of thioether (sulfide) groups is 1. The zero-order valence-electron chi connectivity index (χ0n) is 11.1. The number of nitro groups is 1. The molecule has 6 nitrogen and oxygen atoms in total. The molecule has 1 heterocycles. The van der Waals surface area contributed by atoms with E-state index >= 15 is 0 Å². The first-order chi connectivity index (χ1) is 9.90. The highest BCUT2D eigenvalue weighted by atomic mass is 35.5. The highest BCUT2D eigenvalue weighted by Gasteiger charge is 2.22. The molecule has 1 aliphatic heterocycles. The van der Waals surface area contributed by atoms with E-state index in [0.717, 1.165) is 30.4 Å². The average Bonchev–Trinajstić information content (AvgIpc) is 2.46. The Balaban J connectivity index is 2.11. The maximum Gasteiger partial charge on any atom is 0.289 e. The summed E-state index contributed by atoms with van der Waals surface area (Å²) in [5.74, 6) is 2.40. The second-order valence-electron chi connectivity index (χ2n) is 4.78. The quantitative estimate of drug-likeness (QED) is 0.651. The molecule has 0 radical (unpaired) electrons. The predicted octanol–water partition coefficient (Wildman–Crippen LogP) is 2.67. The summed E-state index contributed by atoms with van der Waals surface area (Å²) >= 11 is 7.55. The third-order valence-electron chi connectivity index (χ3n) is 3.33. The van der Waals surface area contributed by atoms with Crippen LogP contribution in [0.2, 0.25) is 5.02 Å². The van der Waals surface area contributed by atoms with Crippen molar-refractivity contribution < 1.29 is 13.3 Å². The van der Waals surface area contributed by atoms with Gasteiger partial charge in [0.2, 0.25) is 10.0 Å². The van der Waals surface area contributed by atoms with Gasteiger partial charge in [0.15, 0.2) is 0 Å². The van der Waals surface area contributed by atoms with Crippen molar-refractivity contribution in [3.63, 3.8) is 0 Å². The summed E-state index contributed by atoms with van der Waals surface area (Å²) < 4.78 is 26.9. The van der Waals surface area contributed by atoms with E-state index in [0.29, 0.717) is 12.5 Å². The summed E-state index contributed by atoms with van der Waals surface area (Å²) in [6.45, 7) is 0.360. The van der Waals surface area contributed by atoms with Crippen molar-refractivity contribution in [1.82, 2.24) is 4.72 Å². The van der Waals surface area contributed by atoms with E-state index in [4.69, 9.17) is 11.6 Å². The van der Waals surface area contributed by atoms with E-state index in [1.54, 1.807) is 0 Å². The molecule has 1 N–H and O–H groups in total. The second kappa shape index (κ2) is 6.95. The Morgan fingerprint density at radius 1 is 1.38 bits per heavy atom. The van der Waals surface area contributed by atoms with Gasteiger partial charge in [-0.1, -0.05) is 11.6 Å². The van der Waals surface area contributed by atoms with Gasteiger partial charge in [0.05, 0.1) is 9.82 Å². The fourth-order valence-corrected chi connectivity index (χ4v) is 4.59. The van der Waals surface area contributed by atoms with Crippen LogP contribution >= 0.6 is 23.4 Å². The SMILES string of the molecule is O=[N+]([O-])c1cc(S(=O)(=O)NCC2CCSCC2)ccc1Cl. The lowest BCUT2D eigenvalue weighted by Crippen LogP contribution is -2.31. The van der Waals surface area contributed by atoms with Crippen molar-refractivity contribution in [2.75, 3.05) is 18.1 Å². The fourth-order valence-electron chi connectivity index (χ4n) is 2.06. The topological polar surface area (TPSA) is 89.3 Å². The van der Waals surface area contributed by atoms with E-state index in [2.05, 4.69) is 4.72 Å². The van der Waals surface area contributed by atoms with Gasteiger partial charge >= 0.3 is 0 Å². The third kappa shape index (κ3) is 4.32. The minimum atomic E-state index is -3.75. The molecule has 1 aromatic carbocycles. The number of sulfonamides is 1. The van der Waals surface area contributed by atoms with Gasteiger partial charge in [-0.05, 0) is 42.4 Å². The summed E-state index contributed by atoms with van der Waals surface area (Å²) in [5, 5.41) is 10.7. The second-order valence-corrected chi connectivity index (χ2v) is 8.18. The van der Waals surface area contributed by atoms with Gasteiger partial charge in [-0.15, -0.1) is 0 Å². The molecule has 0 amide bonds. The largest absolute Gasteiger partial charge is 0.289 e. The Hall–Kier alpha value is -0.830. The maximum atomic E-state index is 12.2. The van der Waals surface area contributed by atoms with Gasteiger partial charge in [-0.3, -0.25) is 10.1 Å². The summed E-state index contributed by atoms with van der Waals surface area (Å²) in [6.07, 6.45) is 1.96. The predicted molar refractivity (Wildman–Crippen MR) is 83.3 cm³/mol. The fraction of sp³-hybridized carbons (Fsp3) is 0.500. The van der Waals surface area contributed by atoms with Gasteiger partial charge in [-0.2, -0.15) is 11.8 Å². The number of nitrogens with zero attached hydrogens (tertiary/aromatic N) is 1. The highest BCUT2D eigenvalue weighted by molar-refractivity contribution is 7.99. The van der Waals surface area contributed by atoms with Crippen LogP contribution in [0.3, 0.4) is 0 Å². The number of hydrogen-bond acceptors (Lipinski definition) is 5. The van der Waals surface area contributed by atoms with Crippen LogP contribution in [0.5, 0.6) is 0 Å². The minimum Gasteiger partial charge on any atom is -0.258 e. The van der Waals surface area contributed by atoms with Crippen molar-refractivity contribution >= 4 is 39.1 Å². The van der Waals surface area contributed by atoms with Crippen LogP contribution < -0.4 is 4.72 Å². The molecular weight excluding hydrogens is 336 g/mol. The molecule has 0 aliphatic carbocycles. The van der Waals surface area contributed by atoms with Crippen molar-refractivity contribution in [2.45, 2.75) is 17.7 Å². The average molecular weight is 351 g/mol. The first-order valence-corrected chi connectivity index (χ1v) is 9.43. The van der Waals surface area contributed by atoms with Crippen LogP contribution in [0.15, 0.2) is 23.1 Å². The van der Waals surface area contributed by atoms with Crippen LogP contribution in [-0.4, -0.2) is 31.4 Å². The van der Waals surface area contributed by atoms with Gasteiger partial charge in [0.1, 0.15) is 5.02 Å². The zero-order valence-corrected chi connectivity index (χ0v) is 13.5. The van der Waals surface area contributed by atoms with Crippen LogP contribution in [0.25, 0.3) is 0 Å². The molecule has 1 saturated heterocycles. The molecule has 2 rings (SSSR count). The summed E-state index contributed by atoms with van der Waals surface area (Å²) in [4.78, 5) is 9.98. The van der Waals surface area contributed by atoms with E-state index < -0.39 is 20.6 Å². The van der Waals surface area contributed by atoms with Gasteiger partial charge in [-0.25, -0.2) is 13.1 Å². The van der Waals surface area contributed by atoms with Crippen LogP contribution in [0.1, 0.15) is 12.8 Å². The molecular formula is C12H15ClN2O4S2. The summed E-state index contributed by atoms with van der Waals surface area (Å²) in [5.41, 5.74) is -0.409. The van der Waals surface area contributed by atoms with Crippen molar-refractivity contribution in [3.8, 4) is 0 Å². The molecule has 0 unspecified atom stereocenters. The number of rotatable bonds is 5. The van der Waals surface area contributed by atoms with Crippen LogP contribution in [0, 0.1) is 16.0 Å². The Labute approximate surface area is 132 Å². The van der Waals surface area contributed by atoms with Crippen LogP contribution in [0.4, 0.5) is 5.69 Å². The monoisotopic (exact) mass is 350 g/mol. The van der Waals surface area contributed by atoms with E-state index in [1.165, 1.54) is 12.1 Å². The molecule has 21 heavy (non-hydrogen) atoms.